The second-order valence-electron chi connectivity index (χ2n) is 4.60. The molecule has 0 aliphatic carbocycles. The van der Waals surface area contributed by atoms with Crippen LogP contribution in [0.3, 0.4) is 0 Å². The van der Waals surface area contributed by atoms with E-state index in [1.54, 1.807) is 12.4 Å². The molecular weight excluding hydrogens is 222 g/mol. The third-order valence-corrected chi connectivity index (χ3v) is 3.09. The van der Waals surface area contributed by atoms with E-state index >= 15 is 0 Å². The highest BCUT2D eigenvalue weighted by molar-refractivity contribution is 6.31. The van der Waals surface area contributed by atoms with Gasteiger partial charge in [-0.1, -0.05) is 37.8 Å². The molecule has 16 heavy (non-hydrogen) atoms. The molecule has 0 bridgehead atoms. The van der Waals surface area contributed by atoms with Crippen molar-refractivity contribution in [3.63, 3.8) is 0 Å². The quantitative estimate of drug-likeness (QED) is 0.772. The Bertz CT molecular complexity index is 325. The topological polar surface area (TPSA) is 33.1 Å². The van der Waals surface area contributed by atoms with Crippen molar-refractivity contribution in [2.75, 3.05) is 0 Å². The zero-order valence-corrected chi connectivity index (χ0v) is 10.8. The number of aliphatic hydroxyl groups is 1. The molecule has 1 aromatic heterocycles. The van der Waals surface area contributed by atoms with Crippen molar-refractivity contribution in [1.82, 2.24) is 4.98 Å². The van der Waals surface area contributed by atoms with Crippen LogP contribution in [-0.4, -0.2) is 15.7 Å². The number of aromatic nitrogens is 1. The Morgan fingerprint density at radius 3 is 2.81 bits per heavy atom. The molecule has 0 saturated heterocycles. The number of unbranched alkanes of at least 4 members (excludes halogenated alkanes) is 2. The van der Waals surface area contributed by atoms with Gasteiger partial charge in [0.25, 0.3) is 0 Å². The molecule has 0 spiro atoms. The van der Waals surface area contributed by atoms with Crippen LogP contribution in [0.15, 0.2) is 18.5 Å². The van der Waals surface area contributed by atoms with Gasteiger partial charge in [0.15, 0.2) is 0 Å². The van der Waals surface area contributed by atoms with Crippen LogP contribution in [0.1, 0.15) is 45.1 Å². The molecule has 90 valence electrons. The van der Waals surface area contributed by atoms with Crippen molar-refractivity contribution in [3.05, 3.63) is 29.0 Å². The van der Waals surface area contributed by atoms with Crippen LogP contribution in [0.2, 0.25) is 5.02 Å². The summed E-state index contributed by atoms with van der Waals surface area (Å²) < 4.78 is 0. The number of nitrogens with zero attached hydrogens (tertiary/aromatic N) is 1. The number of pyridine rings is 1. The van der Waals surface area contributed by atoms with Crippen molar-refractivity contribution in [2.24, 2.45) is 0 Å². The molecule has 3 heteroatoms. The molecule has 0 radical (unpaired) electrons. The highest BCUT2D eigenvalue weighted by Gasteiger charge is 2.21. The van der Waals surface area contributed by atoms with E-state index in [2.05, 4.69) is 11.9 Å². The van der Waals surface area contributed by atoms with Crippen LogP contribution in [-0.2, 0) is 6.42 Å². The Morgan fingerprint density at radius 2 is 2.19 bits per heavy atom. The number of rotatable bonds is 6. The van der Waals surface area contributed by atoms with Crippen molar-refractivity contribution in [3.8, 4) is 0 Å². The Morgan fingerprint density at radius 1 is 1.44 bits per heavy atom. The molecule has 0 aliphatic heterocycles. The van der Waals surface area contributed by atoms with Crippen molar-refractivity contribution < 1.29 is 5.11 Å². The van der Waals surface area contributed by atoms with E-state index in [4.69, 9.17) is 11.6 Å². The van der Waals surface area contributed by atoms with Gasteiger partial charge in [-0.15, -0.1) is 0 Å². The number of halogens is 1. The van der Waals surface area contributed by atoms with Gasteiger partial charge in [0.1, 0.15) is 0 Å². The maximum Gasteiger partial charge on any atom is 0.0660 e. The number of hydrogen-bond donors (Lipinski definition) is 1. The van der Waals surface area contributed by atoms with Gasteiger partial charge in [-0.3, -0.25) is 4.98 Å². The molecule has 1 rings (SSSR count). The Kier molecular flexibility index (Phi) is 5.23. The molecule has 1 N–H and O–H groups in total. The van der Waals surface area contributed by atoms with Gasteiger partial charge in [-0.25, -0.2) is 0 Å². The molecule has 1 atom stereocenters. The summed E-state index contributed by atoms with van der Waals surface area (Å²) in [5.41, 5.74) is 0.304. The minimum absolute atomic E-state index is 0.595. The highest BCUT2D eigenvalue weighted by atomic mass is 35.5. The summed E-state index contributed by atoms with van der Waals surface area (Å²) >= 11 is 6.02. The third kappa shape index (κ3) is 4.50. The summed E-state index contributed by atoms with van der Waals surface area (Å²) in [5.74, 6) is 0. The normalized spacial score (nSPS) is 14.8. The van der Waals surface area contributed by atoms with E-state index in [1.807, 2.05) is 13.0 Å². The van der Waals surface area contributed by atoms with Crippen LogP contribution in [0.5, 0.6) is 0 Å². The monoisotopic (exact) mass is 241 g/mol. The van der Waals surface area contributed by atoms with Crippen LogP contribution in [0.25, 0.3) is 0 Å². The van der Waals surface area contributed by atoms with Crippen LogP contribution >= 0.6 is 11.6 Å². The van der Waals surface area contributed by atoms with Crippen molar-refractivity contribution in [2.45, 2.75) is 51.6 Å². The van der Waals surface area contributed by atoms with Gasteiger partial charge >= 0.3 is 0 Å². The molecule has 0 aromatic carbocycles. The lowest BCUT2D eigenvalue weighted by atomic mass is 9.91. The molecule has 0 fully saturated rings. The van der Waals surface area contributed by atoms with Gasteiger partial charge in [0.2, 0.25) is 0 Å². The van der Waals surface area contributed by atoms with E-state index in [0.29, 0.717) is 11.4 Å². The van der Waals surface area contributed by atoms with Gasteiger partial charge in [-0.05, 0) is 25.0 Å². The van der Waals surface area contributed by atoms with Crippen LogP contribution < -0.4 is 0 Å². The second-order valence-corrected chi connectivity index (χ2v) is 5.01. The molecule has 1 heterocycles. The summed E-state index contributed by atoms with van der Waals surface area (Å²) in [7, 11) is 0. The maximum atomic E-state index is 10.2. The average Bonchev–Trinajstić information content (AvgIpc) is 2.21. The summed E-state index contributed by atoms with van der Waals surface area (Å²) in [4.78, 5) is 3.94. The summed E-state index contributed by atoms with van der Waals surface area (Å²) in [6.45, 7) is 4.04. The van der Waals surface area contributed by atoms with E-state index in [9.17, 15) is 5.11 Å². The first-order valence-electron chi connectivity index (χ1n) is 5.86. The molecule has 1 unspecified atom stereocenters. The summed E-state index contributed by atoms with van der Waals surface area (Å²) in [5, 5.41) is 10.9. The molecule has 0 saturated carbocycles. The third-order valence-electron chi connectivity index (χ3n) is 2.75. The molecule has 0 amide bonds. The zero-order valence-electron chi connectivity index (χ0n) is 10.0. The Labute approximate surface area is 103 Å². The van der Waals surface area contributed by atoms with Crippen LogP contribution in [0, 0.1) is 0 Å². The SMILES string of the molecule is CCCCCC(C)(O)Cc1ccncc1Cl. The largest absolute Gasteiger partial charge is 0.390 e. The predicted molar refractivity (Wildman–Crippen MR) is 67.7 cm³/mol. The lowest BCUT2D eigenvalue weighted by molar-refractivity contribution is 0.0486. The molecule has 0 aliphatic rings. The van der Waals surface area contributed by atoms with E-state index in [-0.39, 0.29) is 0 Å². The lowest BCUT2D eigenvalue weighted by Gasteiger charge is -2.23. The smallest absolute Gasteiger partial charge is 0.0660 e. The van der Waals surface area contributed by atoms with Crippen molar-refractivity contribution >= 4 is 11.6 Å². The lowest BCUT2D eigenvalue weighted by Crippen LogP contribution is -2.27. The Hall–Kier alpha value is -0.600. The fourth-order valence-electron chi connectivity index (χ4n) is 1.80. The minimum Gasteiger partial charge on any atom is -0.390 e. The van der Waals surface area contributed by atoms with Gasteiger partial charge in [-0.2, -0.15) is 0 Å². The van der Waals surface area contributed by atoms with E-state index in [0.717, 1.165) is 18.4 Å². The number of hydrogen-bond acceptors (Lipinski definition) is 2. The molecule has 1 aromatic rings. The summed E-state index contributed by atoms with van der Waals surface area (Å²) in [6, 6.07) is 1.87. The molecule has 2 nitrogen and oxygen atoms in total. The van der Waals surface area contributed by atoms with Crippen LogP contribution in [0.4, 0.5) is 0 Å². The standard InChI is InChI=1S/C13H20ClNO/c1-3-4-5-7-13(2,16)9-11-6-8-15-10-12(11)14/h6,8,10,16H,3-5,7,9H2,1-2H3. The minimum atomic E-state index is -0.667. The average molecular weight is 242 g/mol. The van der Waals surface area contributed by atoms with E-state index < -0.39 is 5.60 Å². The zero-order chi connectivity index (χ0) is 12.0. The first-order chi connectivity index (χ1) is 7.55. The Balaban J connectivity index is 2.55. The van der Waals surface area contributed by atoms with Gasteiger partial charge < -0.3 is 5.11 Å². The molecular formula is C13H20ClNO. The van der Waals surface area contributed by atoms with Gasteiger partial charge in [0, 0.05) is 18.8 Å². The van der Waals surface area contributed by atoms with E-state index in [1.165, 1.54) is 12.8 Å². The first kappa shape index (κ1) is 13.5. The summed E-state index contributed by atoms with van der Waals surface area (Å²) in [6.07, 6.45) is 8.15. The highest BCUT2D eigenvalue weighted by Crippen LogP contribution is 2.23. The maximum absolute atomic E-state index is 10.2. The first-order valence-corrected chi connectivity index (χ1v) is 6.24. The fraction of sp³-hybridized carbons (Fsp3) is 0.615. The van der Waals surface area contributed by atoms with Crippen molar-refractivity contribution in [1.29, 1.82) is 0 Å². The second kappa shape index (κ2) is 6.21. The fourth-order valence-corrected chi connectivity index (χ4v) is 1.99. The van der Waals surface area contributed by atoms with Gasteiger partial charge in [0.05, 0.1) is 10.6 Å². The predicted octanol–water partition coefficient (Wildman–Crippen LogP) is 3.61.